The van der Waals surface area contributed by atoms with E-state index in [0.29, 0.717) is 18.4 Å². The molecule has 4 nitrogen and oxygen atoms in total. The molecule has 0 atom stereocenters. The van der Waals surface area contributed by atoms with Crippen LogP contribution < -0.4 is 5.32 Å². The molecule has 1 heterocycles. The molecule has 0 aliphatic carbocycles. The second kappa shape index (κ2) is 5.26. The Morgan fingerprint density at radius 3 is 2.69 bits per heavy atom. The Kier molecular flexibility index (Phi) is 4.01. The smallest absolute Gasteiger partial charge is 0.254 e. The molecule has 84 valence electrons. The minimum Gasteiger partial charge on any atom is -0.334 e. The summed E-state index contributed by atoms with van der Waals surface area (Å²) < 4.78 is 0. The molecule has 16 heavy (non-hydrogen) atoms. The lowest BCUT2D eigenvalue weighted by atomic mass is 9.94. The van der Waals surface area contributed by atoms with Crippen LogP contribution in [0.1, 0.15) is 37.0 Å². The minimum atomic E-state index is -0.771. The van der Waals surface area contributed by atoms with Crippen LogP contribution in [0.15, 0.2) is 24.5 Å². The lowest BCUT2D eigenvalue weighted by Crippen LogP contribution is -2.46. The summed E-state index contributed by atoms with van der Waals surface area (Å²) in [5.41, 5.74) is -0.295. The Balaban J connectivity index is 2.82. The van der Waals surface area contributed by atoms with Gasteiger partial charge in [0.2, 0.25) is 0 Å². The first-order valence-corrected chi connectivity index (χ1v) is 5.31. The first kappa shape index (κ1) is 12.2. The summed E-state index contributed by atoms with van der Waals surface area (Å²) in [6.07, 6.45) is 4.27. The maximum Gasteiger partial charge on any atom is 0.254 e. The van der Waals surface area contributed by atoms with E-state index in [1.165, 1.54) is 6.20 Å². The van der Waals surface area contributed by atoms with Gasteiger partial charge in [0, 0.05) is 12.4 Å². The van der Waals surface area contributed by atoms with E-state index in [-0.39, 0.29) is 5.91 Å². The molecule has 1 amide bonds. The van der Waals surface area contributed by atoms with Crippen LogP contribution in [0.3, 0.4) is 0 Å². The number of amides is 1. The van der Waals surface area contributed by atoms with E-state index < -0.39 is 5.54 Å². The van der Waals surface area contributed by atoms with Crippen LogP contribution in [0.5, 0.6) is 0 Å². The molecule has 0 unspecified atom stereocenters. The Bertz CT molecular complexity index is 390. The van der Waals surface area contributed by atoms with Gasteiger partial charge < -0.3 is 5.32 Å². The third-order valence-electron chi connectivity index (χ3n) is 2.70. The molecule has 1 rings (SSSR count). The van der Waals surface area contributed by atoms with Crippen molar-refractivity contribution in [2.24, 2.45) is 0 Å². The van der Waals surface area contributed by atoms with Gasteiger partial charge in [-0.1, -0.05) is 13.8 Å². The van der Waals surface area contributed by atoms with Gasteiger partial charge in [0.15, 0.2) is 0 Å². The Morgan fingerprint density at radius 1 is 1.56 bits per heavy atom. The van der Waals surface area contributed by atoms with Crippen molar-refractivity contribution in [2.45, 2.75) is 32.2 Å². The standard InChI is InChI=1S/C12H15N3O/c1-3-12(4-2,9-13)15-11(16)10-6-5-7-14-8-10/h5-8H,3-4H2,1-2H3,(H,15,16). The fourth-order valence-corrected chi connectivity index (χ4v) is 1.40. The molecule has 0 spiro atoms. The highest BCUT2D eigenvalue weighted by Gasteiger charge is 2.27. The minimum absolute atomic E-state index is 0.252. The highest BCUT2D eigenvalue weighted by molar-refractivity contribution is 5.94. The van der Waals surface area contributed by atoms with Crippen LogP contribution in [-0.4, -0.2) is 16.4 Å². The molecule has 1 aromatic rings. The third kappa shape index (κ3) is 2.57. The molecule has 0 saturated carbocycles. The molecule has 0 radical (unpaired) electrons. The number of rotatable bonds is 4. The van der Waals surface area contributed by atoms with Crippen LogP contribution in [0.4, 0.5) is 0 Å². The summed E-state index contributed by atoms with van der Waals surface area (Å²) in [4.78, 5) is 15.7. The van der Waals surface area contributed by atoms with E-state index in [0.717, 1.165) is 0 Å². The molecule has 0 saturated heterocycles. The van der Waals surface area contributed by atoms with Gasteiger partial charge in [-0.15, -0.1) is 0 Å². The van der Waals surface area contributed by atoms with Gasteiger partial charge in [0.1, 0.15) is 5.54 Å². The van der Waals surface area contributed by atoms with Crippen molar-refractivity contribution in [3.8, 4) is 6.07 Å². The summed E-state index contributed by atoms with van der Waals surface area (Å²) >= 11 is 0. The number of hydrogen-bond donors (Lipinski definition) is 1. The monoisotopic (exact) mass is 217 g/mol. The van der Waals surface area contributed by atoms with Gasteiger partial charge in [-0.3, -0.25) is 9.78 Å². The predicted octanol–water partition coefficient (Wildman–Crippen LogP) is 1.89. The Morgan fingerprint density at radius 2 is 2.25 bits per heavy atom. The summed E-state index contributed by atoms with van der Waals surface area (Å²) in [6.45, 7) is 3.77. The number of nitrogens with one attached hydrogen (secondary N) is 1. The highest BCUT2D eigenvalue weighted by Crippen LogP contribution is 2.14. The van der Waals surface area contributed by atoms with Gasteiger partial charge in [-0.05, 0) is 25.0 Å². The van der Waals surface area contributed by atoms with Gasteiger partial charge in [0.25, 0.3) is 5.91 Å². The SMILES string of the molecule is CCC(C#N)(CC)NC(=O)c1cccnc1. The topological polar surface area (TPSA) is 65.8 Å². The van der Waals surface area contributed by atoms with Gasteiger partial charge >= 0.3 is 0 Å². The molecule has 0 aliphatic heterocycles. The third-order valence-corrected chi connectivity index (χ3v) is 2.70. The zero-order valence-electron chi connectivity index (χ0n) is 9.53. The van der Waals surface area contributed by atoms with Crippen molar-refractivity contribution in [3.63, 3.8) is 0 Å². The van der Waals surface area contributed by atoms with Crippen molar-refractivity contribution in [2.75, 3.05) is 0 Å². The number of carbonyl (C=O) groups is 1. The lowest BCUT2D eigenvalue weighted by molar-refractivity contribution is 0.0915. The molecular formula is C12H15N3O. The first-order valence-electron chi connectivity index (χ1n) is 5.31. The van der Waals surface area contributed by atoms with E-state index in [9.17, 15) is 4.79 Å². The molecule has 1 N–H and O–H groups in total. The number of pyridine rings is 1. The molecule has 1 aromatic heterocycles. The molecular weight excluding hydrogens is 202 g/mol. The van der Waals surface area contributed by atoms with Gasteiger partial charge in [-0.2, -0.15) is 5.26 Å². The summed E-state index contributed by atoms with van der Waals surface area (Å²) in [6, 6.07) is 5.53. The molecule has 4 heteroatoms. The number of aromatic nitrogens is 1. The fraction of sp³-hybridized carbons (Fsp3) is 0.417. The zero-order chi connectivity index (χ0) is 12.0. The first-order chi connectivity index (χ1) is 7.67. The van der Waals surface area contributed by atoms with E-state index in [1.807, 2.05) is 13.8 Å². The maximum absolute atomic E-state index is 11.8. The van der Waals surface area contributed by atoms with Gasteiger partial charge in [-0.25, -0.2) is 0 Å². The number of nitriles is 1. The predicted molar refractivity (Wildman–Crippen MR) is 60.6 cm³/mol. The largest absolute Gasteiger partial charge is 0.334 e. The van der Waals surface area contributed by atoms with E-state index in [2.05, 4.69) is 16.4 Å². The maximum atomic E-state index is 11.8. The average molecular weight is 217 g/mol. The number of carbonyl (C=O) groups excluding carboxylic acids is 1. The van der Waals surface area contributed by atoms with Crippen LogP contribution in [0.25, 0.3) is 0 Å². The van der Waals surface area contributed by atoms with E-state index in [1.54, 1.807) is 18.3 Å². The van der Waals surface area contributed by atoms with Crippen molar-refractivity contribution < 1.29 is 4.79 Å². The number of hydrogen-bond acceptors (Lipinski definition) is 3. The second-order valence-corrected chi connectivity index (χ2v) is 3.60. The van der Waals surface area contributed by atoms with Crippen LogP contribution in [0.2, 0.25) is 0 Å². The van der Waals surface area contributed by atoms with E-state index in [4.69, 9.17) is 5.26 Å². The number of nitrogens with zero attached hydrogens (tertiary/aromatic N) is 2. The molecule has 0 aliphatic rings. The summed E-state index contributed by atoms with van der Waals surface area (Å²) in [5.74, 6) is -0.252. The highest BCUT2D eigenvalue weighted by atomic mass is 16.1. The Hall–Kier alpha value is -1.89. The van der Waals surface area contributed by atoms with Crippen molar-refractivity contribution in [1.29, 1.82) is 5.26 Å². The quantitative estimate of drug-likeness (QED) is 0.837. The van der Waals surface area contributed by atoms with Crippen LogP contribution in [-0.2, 0) is 0 Å². The fourth-order valence-electron chi connectivity index (χ4n) is 1.40. The van der Waals surface area contributed by atoms with Crippen LogP contribution in [0, 0.1) is 11.3 Å². The molecule has 0 aromatic carbocycles. The zero-order valence-corrected chi connectivity index (χ0v) is 9.53. The van der Waals surface area contributed by atoms with Crippen molar-refractivity contribution in [1.82, 2.24) is 10.3 Å². The average Bonchev–Trinajstić information content (AvgIpc) is 2.37. The summed E-state index contributed by atoms with van der Waals surface area (Å²) in [7, 11) is 0. The van der Waals surface area contributed by atoms with Crippen molar-refractivity contribution in [3.05, 3.63) is 30.1 Å². The van der Waals surface area contributed by atoms with Crippen molar-refractivity contribution >= 4 is 5.91 Å². The summed E-state index contributed by atoms with van der Waals surface area (Å²) in [5, 5.41) is 11.8. The molecule has 0 bridgehead atoms. The molecule has 0 fully saturated rings. The second-order valence-electron chi connectivity index (χ2n) is 3.60. The van der Waals surface area contributed by atoms with E-state index >= 15 is 0 Å². The lowest BCUT2D eigenvalue weighted by Gasteiger charge is -2.24. The van der Waals surface area contributed by atoms with Gasteiger partial charge in [0.05, 0.1) is 11.6 Å². The normalized spacial score (nSPS) is 10.6. The Labute approximate surface area is 95.3 Å². The van der Waals surface area contributed by atoms with Crippen LogP contribution >= 0.6 is 0 Å².